The number of nitrogens with one attached hydrogen (secondary N) is 1. The fraction of sp³-hybridized carbons (Fsp3) is 0.188. The highest BCUT2D eigenvalue weighted by Crippen LogP contribution is 2.24. The number of hydrogen-bond acceptors (Lipinski definition) is 5. The highest BCUT2D eigenvalue weighted by Gasteiger charge is 2.30. The molecule has 27 heavy (non-hydrogen) atoms. The number of carbonyl (C=O) groups is 1. The summed E-state index contributed by atoms with van der Waals surface area (Å²) in [5.74, 6) is -3.25. The van der Waals surface area contributed by atoms with Gasteiger partial charge in [-0.15, -0.1) is 0 Å². The zero-order valence-electron chi connectivity index (χ0n) is 14.2. The van der Waals surface area contributed by atoms with Crippen molar-refractivity contribution in [2.75, 3.05) is 15.9 Å². The number of halogens is 2. The van der Waals surface area contributed by atoms with Crippen molar-refractivity contribution in [2.24, 2.45) is 0 Å². The van der Waals surface area contributed by atoms with E-state index < -0.39 is 38.5 Å². The third-order valence-corrected chi connectivity index (χ3v) is 4.81. The number of rotatable bonds is 6. The van der Waals surface area contributed by atoms with Gasteiger partial charge in [0, 0.05) is 23.9 Å². The number of anilines is 2. The lowest BCUT2D eigenvalue weighted by atomic mass is 10.2. The van der Waals surface area contributed by atoms with Crippen molar-refractivity contribution in [3.8, 4) is 0 Å². The van der Waals surface area contributed by atoms with E-state index in [1.54, 1.807) is 0 Å². The molecule has 2 rings (SSSR count). The van der Waals surface area contributed by atoms with Crippen molar-refractivity contribution in [3.63, 3.8) is 0 Å². The second kappa shape index (κ2) is 7.66. The smallest absolute Gasteiger partial charge is 0.271 e. The quantitative estimate of drug-likeness (QED) is 0.593. The van der Waals surface area contributed by atoms with E-state index in [-0.39, 0.29) is 17.1 Å². The molecule has 11 heteroatoms. The van der Waals surface area contributed by atoms with Crippen LogP contribution in [0.4, 0.5) is 25.8 Å². The Morgan fingerprint density at radius 2 is 1.85 bits per heavy atom. The summed E-state index contributed by atoms with van der Waals surface area (Å²) < 4.78 is 51.5. The van der Waals surface area contributed by atoms with Crippen molar-refractivity contribution in [2.45, 2.75) is 13.0 Å². The highest BCUT2D eigenvalue weighted by molar-refractivity contribution is 7.92. The van der Waals surface area contributed by atoms with Gasteiger partial charge < -0.3 is 5.32 Å². The summed E-state index contributed by atoms with van der Waals surface area (Å²) >= 11 is 0. The molecule has 0 aliphatic rings. The summed E-state index contributed by atoms with van der Waals surface area (Å²) in [7, 11) is -4.03. The first kappa shape index (κ1) is 20.2. The molecule has 1 amide bonds. The van der Waals surface area contributed by atoms with Gasteiger partial charge in [0.05, 0.1) is 16.9 Å². The van der Waals surface area contributed by atoms with Gasteiger partial charge in [-0.2, -0.15) is 0 Å². The minimum atomic E-state index is -4.03. The summed E-state index contributed by atoms with van der Waals surface area (Å²) in [6, 6.07) is 6.15. The van der Waals surface area contributed by atoms with Crippen molar-refractivity contribution in [1.29, 1.82) is 0 Å². The molecule has 1 atom stereocenters. The van der Waals surface area contributed by atoms with Crippen LogP contribution in [0.2, 0.25) is 0 Å². The number of sulfonamides is 1. The maximum Gasteiger partial charge on any atom is 0.271 e. The van der Waals surface area contributed by atoms with E-state index >= 15 is 0 Å². The van der Waals surface area contributed by atoms with E-state index in [2.05, 4.69) is 5.32 Å². The molecule has 0 aliphatic carbocycles. The van der Waals surface area contributed by atoms with Crippen molar-refractivity contribution >= 4 is 33.0 Å². The molecule has 0 fully saturated rings. The van der Waals surface area contributed by atoms with E-state index in [0.717, 1.165) is 24.5 Å². The predicted molar refractivity (Wildman–Crippen MR) is 94.9 cm³/mol. The largest absolute Gasteiger partial charge is 0.324 e. The first-order valence-corrected chi connectivity index (χ1v) is 9.35. The van der Waals surface area contributed by atoms with Crippen molar-refractivity contribution in [1.82, 2.24) is 0 Å². The maximum atomic E-state index is 13.5. The predicted octanol–water partition coefficient (Wildman–Crippen LogP) is 2.67. The average molecular weight is 399 g/mol. The molecule has 0 heterocycles. The SMILES string of the molecule is CC(C(=O)Nc1cccc([N+](=O)[O-])c1)N(c1ccc(F)c(F)c1)S(C)(=O)=O. The molecule has 0 radical (unpaired) electrons. The van der Waals surface area contributed by atoms with E-state index in [1.165, 1.54) is 25.1 Å². The Labute approximate surface area is 153 Å². The van der Waals surface area contributed by atoms with Crippen LogP contribution in [0.15, 0.2) is 42.5 Å². The van der Waals surface area contributed by atoms with Gasteiger partial charge >= 0.3 is 0 Å². The molecule has 8 nitrogen and oxygen atoms in total. The standard InChI is InChI=1S/C16H15F2N3O5S/c1-10(16(22)19-11-4-3-5-13(8-11)21(23)24)20(27(2,25)26)12-6-7-14(17)15(18)9-12/h3-10H,1-2H3,(H,19,22). The van der Waals surface area contributed by atoms with Gasteiger partial charge in [0.15, 0.2) is 11.6 Å². The second-order valence-electron chi connectivity index (χ2n) is 5.63. The summed E-state index contributed by atoms with van der Waals surface area (Å²) in [4.78, 5) is 22.6. The molecule has 0 saturated carbocycles. The van der Waals surface area contributed by atoms with Crippen LogP contribution >= 0.6 is 0 Å². The Morgan fingerprint density at radius 3 is 2.41 bits per heavy atom. The fourth-order valence-electron chi connectivity index (χ4n) is 2.37. The van der Waals surface area contributed by atoms with Crippen molar-refractivity contribution < 1.29 is 26.9 Å². The van der Waals surface area contributed by atoms with Gasteiger partial charge in [0.2, 0.25) is 15.9 Å². The zero-order chi connectivity index (χ0) is 20.4. The molecule has 2 aromatic rings. The molecule has 0 saturated heterocycles. The monoisotopic (exact) mass is 399 g/mol. The number of carbonyl (C=O) groups excluding carboxylic acids is 1. The van der Waals surface area contributed by atoms with E-state index in [9.17, 15) is 32.1 Å². The Hall–Kier alpha value is -3.08. The van der Waals surface area contributed by atoms with Gasteiger partial charge in [-0.3, -0.25) is 19.2 Å². The lowest BCUT2D eigenvalue weighted by Gasteiger charge is -2.28. The van der Waals surface area contributed by atoms with Gasteiger partial charge in [-0.1, -0.05) is 6.07 Å². The molecule has 2 aromatic carbocycles. The van der Waals surface area contributed by atoms with Crippen LogP contribution in [-0.4, -0.2) is 31.5 Å². The molecular weight excluding hydrogens is 384 g/mol. The lowest BCUT2D eigenvalue weighted by Crippen LogP contribution is -2.45. The van der Waals surface area contributed by atoms with Crippen LogP contribution in [-0.2, 0) is 14.8 Å². The van der Waals surface area contributed by atoms with Gasteiger partial charge in [0.25, 0.3) is 5.69 Å². The van der Waals surface area contributed by atoms with Crippen LogP contribution in [0.25, 0.3) is 0 Å². The van der Waals surface area contributed by atoms with Crippen LogP contribution < -0.4 is 9.62 Å². The van der Waals surface area contributed by atoms with Gasteiger partial charge in [-0.25, -0.2) is 17.2 Å². The van der Waals surface area contributed by atoms with Crippen LogP contribution in [0.5, 0.6) is 0 Å². The first-order chi connectivity index (χ1) is 12.5. The normalized spacial score (nSPS) is 12.3. The second-order valence-corrected chi connectivity index (χ2v) is 7.49. The molecule has 0 aromatic heterocycles. The summed E-state index contributed by atoms with van der Waals surface area (Å²) in [6.07, 6.45) is 0.811. The molecule has 144 valence electrons. The number of benzene rings is 2. The molecular formula is C16H15F2N3O5S. The van der Waals surface area contributed by atoms with E-state index in [0.29, 0.717) is 10.4 Å². The summed E-state index contributed by atoms with van der Waals surface area (Å²) in [6.45, 7) is 1.25. The van der Waals surface area contributed by atoms with E-state index in [1.807, 2.05) is 0 Å². The Morgan fingerprint density at radius 1 is 1.19 bits per heavy atom. The van der Waals surface area contributed by atoms with Crippen LogP contribution in [0.1, 0.15) is 6.92 Å². The Kier molecular flexibility index (Phi) is 5.74. The molecule has 0 spiro atoms. The molecule has 0 bridgehead atoms. The summed E-state index contributed by atoms with van der Waals surface area (Å²) in [5, 5.41) is 13.2. The number of nitro groups is 1. The topological polar surface area (TPSA) is 110 Å². The highest BCUT2D eigenvalue weighted by atomic mass is 32.2. The van der Waals surface area contributed by atoms with Crippen LogP contribution in [0, 0.1) is 21.7 Å². The molecule has 1 N–H and O–H groups in total. The number of non-ortho nitro benzene ring substituents is 1. The lowest BCUT2D eigenvalue weighted by molar-refractivity contribution is -0.384. The number of nitro benzene ring substituents is 1. The molecule has 0 aliphatic heterocycles. The van der Waals surface area contributed by atoms with Crippen LogP contribution in [0.3, 0.4) is 0 Å². The minimum Gasteiger partial charge on any atom is -0.324 e. The third kappa shape index (κ3) is 4.76. The Bertz CT molecular complexity index is 997. The summed E-state index contributed by atoms with van der Waals surface area (Å²) in [5.41, 5.74) is -0.418. The van der Waals surface area contributed by atoms with E-state index in [4.69, 9.17) is 0 Å². The third-order valence-electron chi connectivity index (χ3n) is 3.57. The Balaban J connectivity index is 2.33. The average Bonchev–Trinajstić information content (AvgIpc) is 2.57. The van der Waals surface area contributed by atoms with Gasteiger partial charge in [-0.05, 0) is 25.1 Å². The minimum absolute atomic E-state index is 0.0831. The first-order valence-electron chi connectivity index (χ1n) is 7.50. The number of amides is 1. The van der Waals surface area contributed by atoms with Crippen molar-refractivity contribution in [3.05, 3.63) is 64.2 Å². The number of nitrogens with zero attached hydrogens (tertiary/aromatic N) is 2. The maximum absolute atomic E-state index is 13.5. The van der Waals surface area contributed by atoms with Gasteiger partial charge in [0.1, 0.15) is 6.04 Å². The molecule has 1 unspecified atom stereocenters. The number of hydrogen-bond donors (Lipinski definition) is 1. The fourth-order valence-corrected chi connectivity index (χ4v) is 3.54. The zero-order valence-corrected chi connectivity index (χ0v) is 15.0.